The first kappa shape index (κ1) is 23.8. The SMILES string of the molecule is O=C1C2C(c3ccccc3Cl)NC(Cc3ccccc3)(C(=O)O)C2C(=O)N1c1ccc(Cl)cc1Cl. The number of hydrogen-bond donors (Lipinski definition) is 2. The Bertz CT molecular complexity index is 1350. The molecule has 178 valence electrons. The molecule has 9 heteroatoms. The topological polar surface area (TPSA) is 86.7 Å². The first-order chi connectivity index (χ1) is 16.7. The van der Waals surface area contributed by atoms with Crippen LogP contribution in [0.2, 0.25) is 15.1 Å². The molecule has 5 rings (SSSR count). The van der Waals surface area contributed by atoms with Gasteiger partial charge in [0.05, 0.1) is 22.5 Å². The predicted molar refractivity (Wildman–Crippen MR) is 134 cm³/mol. The van der Waals surface area contributed by atoms with E-state index in [-0.39, 0.29) is 17.1 Å². The summed E-state index contributed by atoms with van der Waals surface area (Å²) in [6, 6.07) is 19.5. The molecular weight excluding hydrogens is 511 g/mol. The van der Waals surface area contributed by atoms with Gasteiger partial charge in [0.2, 0.25) is 11.8 Å². The van der Waals surface area contributed by atoms with Crippen molar-refractivity contribution < 1.29 is 19.5 Å². The summed E-state index contributed by atoms with van der Waals surface area (Å²) < 4.78 is 0. The summed E-state index contributed by atoms with van der Waals surface area (Å²) in [6.45, 7) is 0. The fourth-order valence-corrected chi connectivity index (χ4v) is 6.00. The van der Waals surface area contributed by atoms with Crippen molar-refractivity contribution >= 4 is 58.3 Å². The molecule has 3 aromatic rings. The molecule has 0 saturated carbocycles. The highest BCUT2D eigenvalue weighted by Crippen LogP contribution is 2.52. The van der Waals surface area contributed by atoms with Crippen molar-refractivity contribution in [3.8, 4) is 0 Å². The van der Waals surface area contributed by atoms with Crippen molar-refractivity contribution in [2.45, 2.75) is 18.0 Å². The third kappa shape index (κ3) is 3.81. The molecule has 2 fully saturated rings. The van der Waals surface area contributed by atoms with Gasteiger partial charge in [-0.1, -0.05) is 83.3 Å². The lowest BCUT2D eigenvalue weighted by atomic mass is 9.76. The third-order valence-corrected chi connectivity index (χ3v) is 7.63. The quantitative estimate of drug-likeness (QED) is 0.446. The summed E-state index contributed by atoms with van der Waals surface area (Å²) >= 11 is 18.8. The van der Waals surface area contributed by atoms with Gasteiger partial charge in [-0.25, -0.2) is 4.90 Å². The minimum Gasteiger partial charge on any atom is -0.480 e. The summed E-state index contributed by atoms with van der Waals surface area (Å²) in [6.07, 6.45) is -0.00744. The number of imide groups is 1. The Labute approximate surface area is 216 Å². The van der Waals surface area contributed by atoms with Gasteiger partial charge in [-0.15, -0.1) is 0 Å². The summed E-state index contributed by atoms with van der Waals surface area (Å²) in [5.41, 5.74) is -0.330. The Morgan fingerprint density at radius 1 is 0.914 bits per heavy atom. The number of aliphatic carboxylic acids is 1. The highest BCUT2D eigenvalue weighted by molar-refractivity contribution is 6.38. The number of carbonyl (C=O) groups excluding carboxylic acids is 2. The smallest absolute Gasteiger partial charge is 0.325 e. The predicted octanol–water partition coefficient (Wildman–Crippen LogP) is 5.16. The van der Waals surface area contributed by atoms with E-state index in [0.717, 1.165) is 4.90 Å². The molecule has 0 spiro atoms. The number of rotatable bonds is 5. The van der Waals surface area contributed by atoms with E-state index in [1.165, 1.54) is 18.2 Å². The van der Waals surface area contributed by atoms with Gasteiger partial charge in [-0.05, 0) is 35.4 Å². The molecule has 6 nitrogen and oxygen atoms in total. The van der Waals surface area contributed by atoms with Gasteiger partial charge in [-0.3, -0.25) is 19.7 Å². The maximum Gasteiger partial charge on any atom is 0.325 e. The second kappa shape index (κ2) is 8.95. The second-order valence-corrected chi connectivity index (χ2v) is 9.94. The Hall–Kier alpha value is -2.90. The molecule has 2 saturated heterocycles. The number of nitrogens with zero attached hydrogens (tertiary/aromatic N) is 1. The van der Waals surface area contributed by atoms with Crippen molar-refractivity contribution in [2.75, 3.05) is 4.90 Å². The third-order valence-electron chi connectivity index (χ3n) is 6.75. The van der Waals surface area contributed by atoms with E-state index in [2.05, 4.69) is 5.32 Å². The van der Waals surface area contributed by atoms with Crippen molar-refractivity contribution in [1.29, 1.82) is 0 Å². The van der Waals surface area contributed by atoms with E-state index in [1.54, 1.807) is 48.5 Å². The van der Waals surface area contributed by atoms with Gasteiger partial charge in [0.15, 0.2) is 0 Å². The van der Waals surface area contributed by atoms with Crippen LogP contribution in [0.3, 0.4) is 0 Å². The summed E-state index contributed by atoms with van der Waals surface area (Å²) in [5, 5.41) is 14.5. The van der Waals surface area contributed by atoms with Crippen LogP contribution in [0.1, 0.15) is 17.2 Å². The summed E-state index contributed by atoms with van der Waals surface area (Å²) in [5.74, 6) is -4.60. The van der Waals surface area contributed by atoms with Crippen molar-refractivity contribution in [3.05, 3.63) is 99.0 Å². The molecule has 0 aliphatic carbocycles. The largest absolute Gasteiger partial charge is 0.480 e. The molecule has 3 aromatic carbocycles. The number of carboxylic acid groups (broad SMARTS) is 1. The number of anilines is 1. The molecular formula is C26H19Cl3N2O4. The zero-order valence-electron chi connectivity index (χ0n) is 18.1. The average Bonchev–Trinajstić information content (AvgIpc) is 3.29. The molecule has 4 unspecified atom stereocenters. The van der Waals surface area contributed by atoms with Gasteiger partial charge >= 0.3 is 5.97 Å². The van der Waals surface area contributed by atoms with Crippen LogP contribution < -0.4 is 10.2 Å². The Kier molecular flexibility index (Phi) is 6.09. The number of hydrogen-bond acceptors (Lipinski definition) is 4. The summed E-state index contributed by atoms with van der Waals surface area (Å²) in [4.78, 5) is 41.6. The Morgan fingerprint density at radius 3 is 2.26 bits per heavy atom. The normalized spacial score (nSPS) is 25.7. The van der Waals surface area contributed by atoms with E-state index in [1.807, 2.05) is 6.07 Å². The maximum absolute atomic E-state index is 13.9. The van der Waals surface area contributed by atoms with E-state index in [4.69, 9.17) is 34.8 Å². The van der Waals surface area contributed by atoms with Crippen LogP contribution >= 0.6 is 34.8 Å². The zero-order chi connectivity index (χ0) is 24.9. The minimum absolute atomic E-state index is 0.00744. The fraction of sp³-hybridized carbons (Fsp3) is 0.192. The lowest BCUT2D eigenvalue weighted by Crippen LogP contribution is -2.57. The number of nitrogens with one attached hydrogen (secondary N) is 1. The van der Waals surface area contributed by atoms with Crippen molar-refractivity contribution in [3.63, 3.8) is 0 Å². The summed E-state index contributed by atoms with van der Waals surface area (Å²) in [7, 11) is 0. The Balaban J connectivity index is 1.69. The molecule has 2 aliphatic rings. The van der Waals surface area contributed by atoms with Gasteiger partial charge in [0, 0.05) is 22.5 Å². The lowest BCUT2D eigenvalue weighted by molar-refractivity contribution is -0.148. The molecule has 0 aromatic heterocycles. The number of benzene rings is 3. The van der Waals surface area contributed by atoms with E-state index in [9.17, 15) is 19.5 Å². The zero-order valence-corrected chi connectivity index (χ0v) is 20.4. The number of carbonyl (C=O) groups is 3. The van der Waals surface area contributed by atoms with E-state index < -0.39 is 41.2 Å². The molecule has 2 N–H and O–H groups in total. The average molecular weight is 530 g/mol. The second-order valence-electron chi connectivity index (χ2n) is 8.69. The van der Waals surface area contributed by atoms with Gasteiger partial charge in [0.1, 0.15) is 5.54 Å². The van der Waals surface area contributed by atoms with Gasteiger partial charge in [0.25, 0.3) is 0 Å². The van der Waals surface area contributed by atoms with Gasteiger partial charge in [-0.2, -0.15) is 0 Å². The van der Waals surface area contributed by atoms with Crippen LogP contribution in [0.5, 0.6) is 0 Å². The standard InChI is InChI=1S/C26H19Cl3N2O4/c27-15-10-11-19(18(29)12-15)31-23(32)20-21(24(31)33)26(25(34)35,13-14-6-2-1-3-7-14)30-22(20)16-8-4-5-9-17(16)28/h1-12,20-22,30H,13H2,(H,34,35). The van der Waals surface area contributed by atoms with Crippen LogP contribution in [-0.2, 0) is 20.8 Å². The number of halogens is 3. The molecule has 4 atom stereocenters. The maximum atomic E-state index is 13.9. The fourth-order valence-electron chi connectivity index (χ4n) is 5.25. The van der Waals surface area contributed by atoms with Crippen LogP contribution in [0.15, 0.2) is 72.8 Å². The molecule has 2 aliphatic heterocycles. The molecule has 2 heterocycles. The minimum atomic E-state index is -1.75. The Morgan fingerprint density at radius 2 is 1.60 bits per heavy atom. The van der Waals surface area contributed by atoms with Crippen LogP contribution in [-0.4, -0.2) is 28.4 Å². The number of fused-ring (bicyclic) bond motifs is 1. The highest BCUT2D eigenvalue weighted by Gasteiger charge is 2.68. The van der Waals surface area contributed by atoms with E-state index in [0.29, 0.717) is 21.2 Å². The monoisotopic (exact) mass is 528 g/mol. The number of carboxylic acids is 1. The molecule has 2 amide bonds. The number of amides is 2. The van der Waals surface area contributed by atoms with Crippen LogP contribution in [0, 0.1) is 11.8 Å². The van der Waals surface area contributed by atoms with Crippen LogP contribution in [0.4, 0.5) is 5.69 Å². The first-order valence-corrected chi connectivity index (χ1v) is 12.0. The molecule has 0 bridgehead atoms. The van der Waals surface area contributed by atoms with Gasteiger partial charge < -0.3 is 5.11 Å². The van der Waals surface area contributed by atoms with Crippen molar-refractivity contribution in [2.24, 2.45) is 11.8 Å². The van der Waals surface area contributed by atoms with Crippen molar-refractivity contribution in [1.82, 2.24) is 5.32 Å². The molecule has 35 heavy (non-hydrogen) atoms. The molecule has 0 radical (unpaired) electrons. The first-order valence-electron chi connectivity index (χ1n) is 10.9. The van der Waals surface area contributed by atoms with Crippen LogP contribution in [0.25, 0.3) is 0 Å². The highest BCUT2D eigenvalue weighted by atomic mass is 35.5. The lowest BCUT2D eigenvalue weighted by Gasteiger charge is -2.31. The van der Waals surface area contributed by atoms with E-state index >= 15 is 0 Å².